The number of hydrogen-bond acceptors (Lipinski definition) is 5. The van der Waals surface area contributed by atoms with Crippen molar-refractivity contribution in [3.8, 4) is 5.88 Å². The van der Waals surface area contributed by atoms with Crippen LogP contribution in [0.4, 0.5) is 0 Å². The van der Waals surface area contributed by atoms with E-state index >= 15 is 0 Å². The van der Waals surface area contributed by atoms with Crippen molar-refractivity contribution in [2.75, 3.05) is 14.1 Å². The van der Waals surface area contributed by atoms with Gasteiger partial charge in [-0.1, -0.05) is 0 Å². The van der Waals surface area contributed by atoms with E-state index < -0.39 is 17.1 Å². The second-order valence-corrected chi connectivity index (χ2v) is 2.76. The molecule has 3 N–H and O–H groups in total. The summed E-state index contributed by atoms with van der Waals surface area (Å²) in [6.07, 6.45) is 1.16. The third kappa shape index (κ3) is 2.22. The quantitative estimate of drug-likeness (QED) is 0.404. The molecule has 0 aliphatic heterocycles. The summed E-state index contributed by atoms with van der Waals surface area (Å²) in [5.74, 6) is -0.496. The van der Waals surface area contributed by atoms with Gasteiger partial charge in [0.05, 0.1) is 6.21 Å². The van der Waals surface area contributed by atoms with E-state index in [1.54, 1.807) is 14.1 Å². The fourth-order valence-corrected chi connectivity index (χ4v) is 0.777. The Hall–Kier alpha value is -2.05. The van der Waals surface area contributed by atoms with E-state index in [1.165, 1.54) is 5.01 Å². The van der Waals surface area contributed by atoms with Crippen LogP contribution < -0.4 is 11.2 Å². The molecule has 0 spiro atoms. The van der Waals surface area contributed by atoms with Gasteiger partial charge in [-0.05, 0) is 0 Å². The lowest BCUT2D eigenvalue weighted by atomic mass is 10.3. The summed E-state index contributed by atoms with van der Waals surface area (Å²) in [7, 11) is 3.32. The first-order valence-corrected chi connectivity index (χ1v) is 3.77. The highest BCUT2D eigenvalue weighted by Crippen LogP contribution is 2.00. The van der Waals surface area contributed by atoms with Crippen LogP contribution in [0.15, 0.2) is 14.7 Å². The van der Waals surface area contributed by atoms with E-state index in [0.29, 0.717) is 0 Å². The number of hydrogen-bond donors (Lipinski definition) is 3. The number of H-pyrrole nitrogens is 2. The topological polar surface area (TPSA) is 102 Å². The van der Waals surface area contributed by atoms with Gasteiger partial charge in [0.15, 0.2) is 0 Å². The second-order valence-electron chi connectivity index (χ2n) is 2.76. The Balaban J connectivity index is 3.22. The highest BCUT2D eigenvalue weighted by Gasteiger charge is 2.04. The highest BCUT2D eigenvalue weighted by molar-refractivity contribution is 5.81. The van der Waals surface area contributed by atoms with Gasteiger partial charge in [0.2, 0.25) is 5.88 Å². The summed E-state index contributed by atoms with van der Waals surface area (Å²) in [5.41, 5.74) is -1.52. The Morgan fingerprint density at radius 1 is 1.36 bits per heavy atom. The minimum atomic E-state index is -0.755. The summed E-state index contributed by atoms with van der Waals surface area (Å²) in [6.45, 7) is 0. The monoisotopic (exact) mass is 198 g/mol. The fraction of sp³-hybridized carbons (Fsp3) is 0.286. The third-order valence-corrected chi connectivity index (χ3v) is 1.38. The second kappa shape index (κ2) is 3.77. The Morgan fingerprint density at radius 3 is 2.50 bits per heavy atom. The van der Waals surface area contributed by atoms with Crippen molar-refractivity contribution in [2.45, 2.75) is 0 Å². The number of aromatic amines is 2. The van der Waals surface area contributed by atoms with Crippen molar-refractivity contribution in [3.63, 3.8) is 0 Å². The van der Waals surface area contributed by atoms with Crippen LogP contribution in [0.25, 0.3) is 0 Å². The van der Waals surface area contributed by atoms with E-state index in [9.17, 15) is 14.7 Å². The molecule has 0 aliphatic carbocycles. The van der Waals surface area contributed by atoms with Crippen molar-refractivity contribution in [1.29, 1.82) is 0 Å². The molecule has 76 valence electrons. The van der Waals surface area contributed by atoms with Crippen LogP contribution in [0.2, 0.25) is 0 Å². The normalized spacial score (nSPS) is 10.7. The first kappa shape index (κ1) is 10.0. The van der Waals surface area contributed by atoms with Crippen molar-refractivity contribution in [1.82, 2.24) is 15.0 Å². The molecule has 0 aliphatic rings. The summed E-state index contributed by atoms with van der Waals surface area (Å²) < 4.78 is 0. The molecule has 14 heavy (non-hydrogen) atoms. The number of nitrogens with one attached hydrogen (secondary N) is 2. The maximum atomic E-state index is 11.1. The molecule has 0 amide bonds. The zero-order valence-corrected chi connectivity index (χ0v) is 7.74. The minimum absolute atomic E-state index is 0.0849. The van der Waals surface area contributed by atoms with E-state index in [4.69, 9.17) is 0 Å². The van der Waals surface area contributed by atoms with Crippen LogP contribution in [0.5, 0.6) is 5.88 Å². The van der Waals surface area contributed by atoms with Crippen molar-refractivity contribution in [2.24, 2.45) is 5.10 Å². The van der Waals surface area contributed by atoms with Crippen LogP contribution in [-0.4, -0.2) is 40.4 Å². The Bertz CT molecular complexity index is 457. The van der Waals surface area contributed by atoms with Gasteiger partial charge in [-0.25, -0.2) is 4.79 Å². The SMILES string of the molecule is CN(C)/N=C/c1c(O)[nH]c(=O)[nH]c1=O. The minimum Gasteiger partial charge on any atom is -0.494 e. The van der Waals surface area contributed by atoms with Crippen LogP contribution >= 0.6 is 0 Å². The molecule has 1 rings (SSSR count). The summed E-state index contributed by atoms with van der Waals surface area (Å²) in [5, 5.41) is 14.4. The standard InChI is InChI=1S/C7H10N4O3/c1-11(2)8-3-4-5(12)9-7(14)10-6(4)13/h3H,1-2H3,(H3,9,10,12,13,14)/b8-3+. The summed E-state index contributed by atoms with van der Waals surface area (Å²) in [6, 6.07) is 0. The Labute approximate surface area is 78.7 Å². The molecule has 0 bridgehead atoms. The largest absolute Gasteiger partial charge is 0.494 e. The number of aromatic hydroxyl groups is 1. The molecule has 0 unspecified atom stereocenters. The summed E-state index contributed by atoms with van der Waals surface area (Å²) >= 11 is 0. The smallest absolute Gasteiger partial charge is 0.328 e. The predicted molar refractivity (Wildman–Crippen MR) is 50.6 cm³/mol. The van der Waals surface area contributed by atoms with Crippen molar-refractivity contribution >= 4 is 6.21 Å². The van der Waals surface area contributed by atoms with E-state index in [1.807, 2.05) is 9.97 Å². The van der Waals surface area contributed by atoms with Gasteiger partial charge in [-0.15, -0.1) is 0 Å². The van der Waals surface area contributed by atoms with Crippen LogP contribution in [0, 0.1) is 0 Å². The van der Waals surface area contributed by atoms with Crippen molar-refractivity contribution in [3.05, 3.63) is 26.4 Å². The van der Waals surface area contributed by atoms with Gasteiger partial charge in [-0.3, -0.25) is 14.8 Å². The van der Waals surface area contributed by atoms with Crippen LogP contribution in [0.3, 0.4) is 0 Å². The molecule has 0 atom stereocenters. The van der Waals surface area contributed by atoms with Gasteiger partial charge >= 0.3 is 5.69 Å². The molecule has 1 aromatic rings. The predicted octanol–water partition coefficient (Wildman–Crippen LogP) is -1.34. The summed E-state index contributed by atoms with van der Waals surface area (Å²) in [4.78, 5) is 25.8. The molecular formula is C7H10N4O3. The molecule has 7 nitrogen and oxygen atoms in total. The molecule has 0 fully saturated rings. The molecule has 0 saturated heterocycles. The average molecular weight is 198 g/mol. The molecule has 0 aromatic carbocycles. The van der Waals surface area contributed by atoms with E-state index in [0.717, 1.165) is 6.21 Å². The number of aromatic nitrogens is 2. The number of rotatable bonds is 2. The highest BCUT2D eigenvalue weighted by atomic mass is 16.3. The lowest BCUT2D eigenvalue weighted by Crippen LogP contribution is -2.25. The lowest BCUT2D eigenvalue weighted by Gasteiger charge is -2.02. The van der Waals surface area contributed by atoms with Gasteiger partial charge in [0.25, 0.3) is 5.56 Å². The molecular weight excluding hydrogens is 188 g/mol. The van der Waals surface area contributed by atoms with E-state index in [2.05, 4.69) is 5.10 Å². The number of nitrogens with zero attached hydrogens (tertiary/aromatic N) is 2. The molecule has 0 radical (unpaired) electrons. The third-order valence-electron chi connectivity index (χ3n) is 1.38. The molecule has 7 heteroatoms. The van der Waals surface area contributed by atoms with Crippen LogP contribution in [0.1, 0.15) is 5.56 Å². The lowest BCUT2D eigenvalue weighted by molar-refractivity contribution is 0.436. The van der Waals surface area contributed by atoms with Gasteiger partial charge in [-0.2, -0.15) is 5.10 Å². The van der Waals surface area contributed by atoms with Gasteiger partial charge in [0.1, 0.15) is 5.56 Å². The maximum absolute atomic E-state index is 11.1. The molecule has 1 aromatic heterocycles. The maximum Gasteiger partial charge on any atom is 0.328 e. The van der Waals surface area contributed by atoms with Crippen LogP contribution in [-0.2, 0) is 0 Å². The first-order valence-electron chi connectivity index (χ1n) is 3.77. The van der Waals surface area contributed by atoms with E-state index in [-0.39, 0.29) is 5.56 Å². The van der Waals surface area contributed by atoms with Gasteiger partial charge in [0, 0.05) is 14.1 Å². The van der Waals surface area contributed by atoms with Gasteiger partial charge < -0.3 is 10.1 Å². The molecule has 1 heterocycles. The van der Waals surface area contributed by atoms with Crippen molar-refractivity contribution < 1.29 is 5.11 Å². The first-order chi connectivity index (χ1) is 6.50. The zero-order chi connectivity index (χ0) is 10.7. The average Bonchev–Trinajstić information content (AvgIpc) is 2.01. The Morgan fingerprint density at radius 2 is 2.00 bits per heavy atom. The fourth-order valence-electron chi connectivity index (χ4n) is 0.777. The number of hydrazone groups is 1. The Kier molecular flexibility index (Phi) is 2.70. The zero-order valence-electron chi connectivity index (χ0n) is 7.74. The molecule has 0 saturated carbocycles.